The molecule has 0 aliphatic heterocycles. The summed E-state index contributed by atoms with van der Waals surface area (Å²) in [6, 6.07) is 6.71. The van der Waals surface area contributed by atoms with E-state index in [1.165, 1.54) is 18.0 Å². The van der Waals surface area contributed by atoms with E-state index in [4.69, 9.17) is 39.5 Å². The van der Waals surface area contributed by atoms with Crippen LogP contribution in [-0.4, -0.2) is 37.4 Å². The van der Waals surface area contributed by atoms with E-state index in [2.05, 4.69) is 10.3 Å². The molecule has 0 saturated carbocycles. The molecule has 122 valence electrons. The molecule has 0 bridgehead atoms. The molecule has 0 aliphatic carbocycles. The minimum absolute atomic E-state index is 0.250. The number of rotatable bonds is 4. The predicted octanol–water partition coefficient (Wildman–Crippen LogP) is 2.89. The lowest BCUT2D eigenvalue weighted by atomic mass is 10.2. The summed E-state index contributed by atoms with van der Waals surface area (Å²) in [5.41, 5.74) is 0.117. The summed E-state index contributed by atoms with van der Waals surface area (Å²) in [4.78, 5) is 27.1. The number of hydrogen-bond donors (Lipinski definition) is 2. The molecule has 10 heteroatoms. The van der Waals surface area contributed by atoms with E-state index in [-0.39, 0.29) is 11.5 Å². The van der Waals surface area contributed by atoms with Gasteiger partial charge in [0, 0.05) is 0 Å². The van der Waals surface area contributed by atoms with Crippen LogP contribution in [0.4, 0.5) is 5.82 Å². The lowest BCUT2D eigenvalue weighted by Gasteiger charge is -2.12. The van der Waals surface area contributed by atoms with Gasteiger partial charge in [-0.15, -0.1) is 0 Å². The first-order valence-corrected chi connectivity index (χ1v) is 7.21. The van der Waals surface area contributed by atoms with Gasteiger partial charge in [-0.3, -0.25) is 9.36 Å². The number of nitrogens with zero attached hydrogens (tertiary/aromatic N) is 2. The predicted molar refractivity (Wildman–Crippen MR) is 86.0 cm³/mol. The Balaban J connectivity index is 2.52. The van der Waals surface area contributed by atoms with Gasteiger partial charge in [-0.05, 0) is 12.1 Å². The molecule has 0 aliphatic rings. The maximum atomic E-state index is 11.7. The number of carboxylic acids is 1. The van der Waals surface area contributed by atoms with E-state index in [1.54, 1.807) is 24.3 Å². The van der Waals surface area contributed by atoms with Crippen LogP contribution in [0, 0.1) is 0 Å². The number of amides is 1. The number of carbonyl (C=O) groups is 2. The number of carboxylic acid groups (broad SMARTS) is 1. The van der Waals surface area contributed by atoms with Crippen LogP contribution in [0.25, 0.3) is 5.69 Å². The second-order valence-corrected chi connectivity index (χ2v) is 6.52. The van der Waals surface area contributed by atoms with Crippen LogP contribution in [-0.2, 0) is 4.79 Å². The van der Waals surface area contributed by atoms with Crippen molar-refractivity contribution in [1.29, 1.82) is 0 Å². The van der Waals surface area contributed by atoms with Gasteiger partial charge in [0.15, 0.2) is 11.5 Å². The van der Waals surface area contributed by atoms with Crippen LogP contribution in [0.3, 0.4) is 0 Å². The van der Waals surface area contributed by atoms with E-state index >= 15 is 0 Å². The third-order valence-corrected chi connectivity index (χ3v) is 3.32. The van der Waals surface area contributed by atoms with Crippen molar-refractivity contribution in [3.8, 4) is 11.4 Å². The molecule has 1 heterocycles. The lowest BCUT2D eigenvalue weighted by molar-refractivity contribution is -0.115. The zero-order chi connectivity index (χ0) is 17.2. The molecule has 7 nitrogen and oxygen atoms in total. The summed E-state index contributed by atoms with van der Waals surface area (Å²) in [7, 11) is 1.45. The highest BCUT2D eigenvalue weighted by molar-refractivity contribution is 6.76. The largest absolute Gasteiger partial charge is 0.495 e. The summed E-state index contributed by atoms with van der Waals surface area (Å²) in [5.74, 6) is -2.17. The smallest absolute Gasteiger partial charge is 0.356 e. The summed E-state index contributed by atoms with van der Waals surface area (Å²) in [5, 5.41) is 11.6. The zero-order valence-corrected chi connectivity index (χ0v) is 13.9. The first-order valence-electron chi connectivity index (χ1n) is 6.08. The number of nitrogens with one attached hydrogen (secondary N) is 1. The minimum Gasteiger partial charge on any atom is -0.495 e. The number of para-hydroxylation sites is 2. The molecule has 0 unspecified atom stereocenters. The Bertz CT molecular complexity index is 755. The topological polar surface area (TPSA) is 93.5 Å². The van der Waals surface area contributed by atoms with Crippen molar-refractivity contribution in [2.24, 2.45) is 0 Å². The highest BCUT2D eigenvalue weighted by Crippen LogP contribution is 2.30. The number of carbonyl (C=O) groups excluding carboxylic acids is 1. The van der Waals surface area contributed by atoms with Gasteiger partial charge in [-0.25, -0.2) is 9.78 Å². The number of methoxy groups -OCH3 is 1. The number of ether oxygens (including phenoxy) is 1. The summed E-state index contributed by atoms with van der Waals surface area (Å²) in [6.07, 6.45) is 1.22. The van der Waals surface area contributed by atoms with Gasteiger partial charge in [0.2, 0.25) is 0 Å². The van der Waals surface area contributed by atoms with Crippen molar-refractivity contribution in [1.82, 2.24) is 9.55 Å². The van der Waals surface area contributed by atoms with Gasteiger partial charge in [0.1, 0.15) is 12.1 Å². The molecule has 23 heavy (non-hydrogen) atoms. The Morgan fingerprint density at radius 3 is 2.52 bits per heavy atom. The molecule has 0 saturated heterocycles. The number of alkyl halides is 3. The molecule has 0 atom stereocenters. The van der Waals surface area contributed by atoms with Gasteiger partial charge in [0.05, 0.1) is 12.8 Å². The van der Waals surface area contributed by atoms with Crippen LogP contribution >= 0.6 is 34.8 Å². The molecule has 0 fully saturated rings. The Morgan fingerprint density at radius 2 is 1.96 bits per heavy atom. The Hall–Kier alpha value is -1.96. The van der Waals surface area contributed by atoms with Crippen molar-refractivity contribution in [2.75, 3.05) is 12.4 Å². The number of aromatic nitrogens is 2. The van der Waals surface area contributed by atoms with Crippen LogP contribution in [0.1, 0.15) is 10.5 Å². The Morgan fingerprint density at radius 1 is 1.30 bits per heavy atom. The number of aromatic carboxylic acids is 1. The van der Waals surface area contributed by atoms with Crippen LogP contribution in [0.15, 0.2) is 30.6 Å². The van der Waals surface area contributed by atoms with Gasteiger partial charge >= 0.3 is 5.97 Å². The van der Waals surface area contributed by atoms with Crippen molar-refractivity contribution >= 4 is 52.5 Å². The van der Waals surface area contributed by atoms with Crippen LogP contribution in [0.5, 0.6) is 5.75 Å². The number of imidazole rings is 1. The van der Waals surface area contributed by atoms with E-state index in [0.29, 0.717) is 11.4 Å². The maximum absolute atomic E-state index is 11.7. The molecule has 1 amide bonds. The maximum Gasteiger partial charge on any atom is 0.356 e. The van der Waals surface area contributed by atoms with E-state index in [0.717, 1.165) is 0 Å². The molecule has 1 aromatic heterocycles. The lowest BCUT2D eigenvalue weighted by Crippen LogP contribution is -2.28. The third kappa shape index (κ3) is 3.69. The molecular weight excluding hydrogens is 369 g/mol. The fourth-order valence-corrected chi connectivity index (χ4v) is 1.98. The highest BCUT2D eigenvalue weighted by atomic mass is 35.6. The number of benzene rings is 1. The minimum atomic E-state index is -2.25. The molecule has 2 N–H and O–H groups in total. The van der Waals surface area contributed by atoms with Crippen LogP contribution < -0.4 is 10.1 Å². The third-order valence-electron chi connectivity index (χ3n) is 2.80. The first-order chi connectivity index (χ1) is 10.8. The fourth-order valence-electron chi connectivity index (χ4n) is 1.83. The Kier molecular flexibility index (Phi) is 5.03. The second kappa shape index (κ2) is 6.66. The fraction of sp³-hybridized carbons (Fsp3) is 0.154. The van der Waals surface area contributed by atoms with Crippen molar-refractivity contribution in [3.05, 3.63) is 36.3 Å². The van der Waals surface area contributed by atoms with Gasteiger partial charge in [-0.2, -0.15) is 0 Å². The van der Waals surface area contributed by atoms with Crippen molar-refractivity contribution < 1.29 is 19.4 Å². The summed E-state index contributed by atoms with van der Waals surface area (Å²) in [6.45, 7) is 0. The normalized spacial score (nSPS) is 11.1. The van der Waals surface area contributed by atoms with Gasteiger partial charge < -0.3 is 15.2 Å². The molecule has 1 aromatic carbocycles. The average molecular weight is 379 g/mol. The number of halogens is 3. The number of hydrogen-bond acceptors (Lipinski definition) is 4. The molecule has 2 aromatic rings. The molecule has 0 spiro atoms. The van der Waals surface area contributed by atoms with E-state index in [1.807, 2.05) is 0 Å². The van der Waals surface area contributed by atoms with Gasteiger partial charge in [-0.1, -0.05) is 46.9 Å². The quantitative estimate of drug-likeness (QED) is 0.798. The van der Waals surface area contributed by atoms with Crippen molar-refractivity contribution in [2.45, 2.75) is 3.79 Å². The monoisotopic (exact) mass is 377 g/mol. The summed E-state index contributed by atoms with van der Waals surface area (Å²) < 4.78 is 4.19. The molecule has 2 rings (SSSR count). The highest BCUT2D eigenvalue weighted by Gasteiger charge is 2.33. The number of anilines is 1. The van der Waals surface area contributed by atoms with Crippen molar-refractivity contribution in [3.63, 3.8) is 0 Å². The first kappa shape index (κ1) is 17.4. The van der Waals surface area contributed by atoms with E-state index < -0.39 is 15.7 Å². The SMILES string of the molecule is COc1ccccc1-n1cnc(NC(=O)C(Cl)(Cl)Cl)c1C(=O)O. The zero-order valence-electron chi connectivity index (χ0n) is 11.6. The standard InChI is InChI=1S/C13H10Cl3N3O4/c1-23-8-5-3-2-4-7(8)19-6-17-10(9(19)11(20)21)18-12(22)13(14,15)16/h2-6H,1H3,(H,18,22)(H,20,21). The molecular formula is C13H10Cl3N3O4. The Labute approximate surface area is 145 Å². The van der Waals surface area contributed by atoms with E-state index in [9.17, 15) is 14.7 Å². The van der Waals surface area contributed by atoms with Crippen LogP contribution in [0.2, 0.25) is 0 Å². The summed E-state index contributed by atoms with van der Waals surface area (Å²) >= 11 is 16.4. The average Bonchev–Trinajstić information content (AvgIpc) is 2.89. The molecule has 0 radical (unpaired) electrons. The second-order valence-electron chi connectivity index (χ2n) is 4.24. The van der Waals surface area contributed by atoms with Gasteiger partial charge in [0.25, 0.3) is 9.70 Å².